The molecule has 1 aliphatic heterocycles. The highest BCUT2D eigenvalue weighted by Gasteiger charge is 2.36. The molecule has 1 saturated heterocycles. The number of aromatic amines is 1. The van der Waals surface area contributed by atoms with Crippen molar-refractivity contribution in [1.82, 2.24) is 15.3 Å². The monoisotopic (exact) mass is 245 g/mol. The Labute approximate surface area is 107 Å². The average Bonchev–Trinajstić information content (AvgIpc) is 2.93. The third-order valence-electron chi connectivity index (χ3n) is 4.11. The van der Waals surface area contributed by atoms with Gasteiger partial charge in [-0.2, -0.15) is 0 Å². The summed E-state index contributed by atoms with van der Waals surface area (Å²) in [5, 5.41) is 4.82. The lowest BCUT2D eigenvalue weighted by Gasteiger charge is -2.29. The zero-order valence-corrected chi connectivity index (χ0v) is 10.9. The van der Waals surface area contributed by atoms with Gasteiger partial charge in [0.1, 0.15) is 5.65 Å². The van der Waals surface area contributed by atoms with Crippen LogP contribution in [0.4, 0.5) is 0 Å². The first-order valence-corrected chi connectivity index (χ1v) is 6.47. The quantitative estimate of drug-likeness (QED) is 0.871. The van der Waals surface area contributed by atoms with Crippen LogP contribution in [-0.4, -0.2) is 28.2 Å². The molecule has 3 heterocycles. The van der Waals surface area contributed by atoms with E-state index in [4.69, 9.17) is 4.74 Å². The van der Waals surface area contributed by atoms with Crippen molar-refractivity contribution in [2.45, 2.75) is 38.5 Å². The van der Waals surface area contributed by atoms with E-state index in [9.17, 15) is 0 Å². The molecule has 1 fully saturated rings. The Bertz CT molecular complexity index is 551. The molecule has 0 saturated carbocycles. The van der Waals surface area contributed by atoms with Gasteiger partial charge in [-0.3, -0.25) is 0 Å². The lowest BCUT2D eigenvalue weighted by molar-refractivity contribution is 0.0882. The van der Waals surface area contributed by atoms with E-state index in [1.54, 1.807) is 0 Å². The molecule has 0 spiro atoms. The predicted octanol–water partition coefficient (Wildman–Crippen LogP) is 2.22. The molecule has 0 aromatic carbocycles. The van der Waals surface area contributed by atoms with Crippen LogP contribution in [0.25, 0.3) is 11.0 Å². The number of nitrogens with one attached hydrogen (secondary N) is 2. The minimum atomic E-state index is 0.0752. The lowest BCUT2D eigenvalue weighted by Crippen LogP contribution is -2.47. The summed E-state index contributed by atoms with van der Waals surface area (Å²) in [4.78, 5) is 7.51. The molecule has 2 aromatic heterocycles. The topological polar surface area (TPSA) is 49.9 Å². The summed E-state index contributed by atoms with van der Waals surface area (Å²) < 4.78 is 5.64. The van der Waals surface area contributed by atoms with E-state index >= 15 is 0 Å². The Morgan fingerprint density at radius 2 is 2.50 bits per heavy atom. The van der Waals surface area contributed by atoms with Crippen LogP contribution in [0.15, 0.2) is 24.5 Å². The molecule has 18 heavy (non-hydrogen) atoms. The maximum Gasteiger partial charge on any atom is 0.137 e. The predicted molar refractivity (Wildman–Crippen MR) is 71.4 cm³/mol. The fourth-order valence-electron chi connectivity index (χ4n) is 2.52. The molecular weight excluding hydrogens is 226 g/mol. The van der Waals surface area contributed by atoms with Crippen LogP contribution in [0.2, 0.25) is 0 Å². The number of fused-ring (bicyclic) bond motifs is 1. The minimum absolute atomic E-state index is 0.0752. The van der Waals surface area contributed by atoms with Crippen molar-refractivity contribution < 1.29 is 4.74 Å². The molecule has 96 valence electrons. The Morgan fingerprint density at radius 1 is 1.61 bits per heavy atom. The summed E-state index contributed by atoms with van der Waals surface area (Å²) in [7, 11) is 0. The number of ether oxygens (including phenoxy) is 1. The zero-order chi connectivity index (χ0) is 12.6. The minimum Gasteiger partial charge on any atom is -0.377 e. The number of hydrogen-bond donors (Lipinski definition) is 2. The number of nitrogens with zero attached hydrogens (tertiary/aromatic N) is 1. The fraction of sp³-hybridized carbons (Fsp3) is 0.500. The second kappa shape index (κ2) is 4.37. The number of pyridine rings is 1. The van der Waals surface area contributed by atoms with Gasteiger partial charge in [0.25, 0.3) is 0 Å². The van der Waals surface area contributed by atoms with Crippen molar-refractivity contribution in [3.05, 3.63) is 30.1 Å². The smallest absolute Gasteiger partial charge is 0.137 e. The molecule has 2 atom stereocenters. The molecule has 4 nitrogen and oxygen atoms in total. The van der Waals surface area contributed by atoms with E-state index in [2.05, 4.69) is 35.2 Å². The van der Waals surface area contributed by atoms with Gasteiger partial charge in [-0.15, -0.1) is 0 Å². The third-order valence-corrected chi connectivity index (χ3v) is 4.11. The van der Waals surface area contributed by atoms with E-state index in [-0.39, 0.29) is 11.6 Å². The van der Waals surface area contributed by atoms with Gasteiger partial charge >= 0.3 is 0 Å². The van der Waals surface area contributed by atoms with Crippen molar-refractivity contribution >= 4 is 11.0 Å². The third kappa shape index (κ3) is 1.91. The van der Waals surface area contributed by atoms with E-state index in [0.717, 1.165) is 25.2 Å². The highest BCUT2D eigenvalue weighted by atomic mass is 16.5. The lowest BCUT2D eigenvalue weighted by atomic mass is 9.94. The summed E-state index contributed by atoms with van der Waals surface area (Å²) in [6.45, 7) is 6.06. The molecule has 1 aliphatic rings. The summed E-state index contributed by atoms with van der Waals surface area (Å²) in [5.41, 5.74) is 2.29. The van der Waals surface area contributed by atoms with E-state index in [1.165, 1.54) is 10.9 Å². The Kier molecular flexibility index (Phi) is 2.84. The second-order valence-electron chi connectivity index (χ2n) is 5.25. The molecule has 0 amide bonds. The number of hydrogen-bond acceptors (Lipinski definition) is 3. The first-order chi connectivity index (χ1) is 8.69. The van der Waals surface area contributed by atoms with Gasteiger partial charge in [-0.25, -0.2) is 4.98 Å². The summed E-state index contributed by atoms with van der Waals surface area (Å²) in [6, 6.07) is 4.08. The van der Waals surface area contributed by atoms with Gasteiger partial charge in [-0.05, 0) is 38.0 Å². The van der Waals surface area contributed by atoms with Crippen LogP contribution in [0.5, 0.6) is 0 Å². The number of H-pyrrole nitrogens is 1. The molecule has 4 heteroatoms. The highest BCUT2D eigenvalue weighted by Crippen LogP contribution is 2.26. The van der Waals surface area contributed by atoms with Crippen molar-refractivity contribution in [3.63, 3.8) is 0 Å². The summed E-state index contributed by atoms with van der Waals surface area (Å²) in [6.07, 6.45) is 5.17. The van der Waals surface area contributed by atoms with Crippen molar-refractivity contribution in [1.29, 1.82) is 0 Å². The highest BCUT2D eigenvalue weighted by molar-refractivity contribution is 5.79. The first-order valence-electron chi connectivity index (χ1n) is 6.47. The van der Waals surface area contributed by atoms with Crippen LogP contribution in [-0.2, 0) is 11.3 Å². The number of aromatic nitrogens is 2. The maximum absolute atomic E-state index is 5.64. The molecule has 3 rings (SSSR count). The molecule has 0 bridgehead atoms. The van der Waals surface area contributed by atoms with Crippen LogP contribution < -0.4 is 5.32 Å². The first kappa shape index (κ1) is 11.7. The van der Waals surface area contributed by atoms with E-state index in [0.29, 0.717) is 0 Å². The maximum atomic E-state index is 5.64. The average molecular weight is 245 g/mol. The Balaban J connectivity index is 1.77. The standard InChI is InChI=1S/C14H19N3O/c1-10-14(2,5-7-18-10)17-9-11-8-16-13-12(11)4-3-6-15-13/h3-4,6,8,10,17H,5,7,9H2,1-2H3,(H,15,16). The molecule has 0 radical (unpaired) electrons. The van der Waals surface area contributed by atoms with Crippen molar-refractivity contribution in [3.8, 4) is 0 Å². The van der Waals surface area contributed by atoms with Crippen molar-refractivity contribution in [2.24, 2.45) is 0 Å². The molecule has 0 aliphatic carbocycles. The fourth-order valence-corrected chi connectivity index (χ4v) is 2.52. The summed E-state index contributed by atoms with van der Waals surface area (Å²) in [5.74, 6) is 0. The van der Waals surface area contributed by atoms with Gasteiger partial charge < -0.3 is 15.0 Å². The molecule has 2 aromatic rings. The largest absolute Gasteiger partial charge is 0.377 e. The molecule has 2 N–H and O–H groups in total. The molecular formula is C14H19N3O. The van der Waals surface area contributed by atoms with Crippen molar-refractivity contribution in [2.75, 3.05) is 6.61 Å². The SMILES string of the molecule is CC1OCCC1(C)NCc1c[nH]c2ncccc12. The van der Waals surface area contributed by atoms with Gasteiger partial charge in [0.2, 0.25) is 0 Å². The van der Waals surface area contributed by atoms with Crippen LogP contribution in [0, 0.1) is 0 Å². The van der Waals surface area contributed by atoms with Crippen LogP contribution in [0.1, 0.15) is 25.8 Å². The molecule has 2 unspecified atom stereocenters. The summed E-state index contributed by atoms with van der Waals surface area (Å²) >= 11 is 0. The normalized spacial score (nSPS) is 28.0. The number of rotatable bonds is 3. The van der Waals surface area contributed by atoms with Crippen LogP contribution in [0.3, 0.4) is 0 Å². The van der Waals surface area contributed by atoms with Gasteiger partial charge in [0.05, 0.1) is 6.10 Å². The van der Waals surface area contributed by atoms with Gasteiger partial charge in [-0.1, -0.05) is 0 Å². The van der Waals surface area contributed by atoms with E-state index in [1.807, 2.05) is 18.5 Å². The Hall–Kier alpha value is -1.39. The van der Waals surface area contributed by atoms with Crippen LogP contribution >= 0.6 is 0 Å². The Morgan fingerprint density at radius 3 is 3.28 bits per heavy atom. The van der Waals surface area contributed by atoms with Gasteiger partial charge in [0, 0.05) is 36.5 Å². The zero-order valence-electron chi connectivity index (χ0n) is 10.9. The second-order valence-corrected chi connectivity index (χ2v) is 5.25. The van der Waals surface area contributed by atoms with Gasteiger partial charge in [0.15, 0.2) is 0 Å². The van der Waals surface area contributed by atoms with E-state index < -0.39 is 0 Å².